The van der Waals surface area contributed by atoms with E-state index < -0.39 is 0 Å². The van der Waals surface area contributed by atoms with Gasteiger partial charge in [-0.25, -0.2) is 4.39 Å². The maximum Gasteiger partial charge on any atom is 0.164 e. The molecule has 0 N–H and O–H groups in total. The number of fused-ring (bicyclic) bond motifs is 1. The van der Waals surface area contributed by atoms with Gasteiger partial charge in [0.05, 0.1) is 0 Å². The highest BCUT2D eigenvalue weighted by Crippen LogP contribution is 2.29. The van der Waals surface area contributed by atoms with E-state index in [0.717, 1.165) is 6.42 Å². The number of carbonyl (C=O) groups is 1. The Hall–Kier alpha value is -0.700. The van der Waals surface area contributed by atoms with Crippen LogP contribution in [0.1, 0.15) is 28.8 Å². The van der Waals surface area contributed by atoms with Crippen LogP contribution in [-0.4, -0.2) is 5.78 Å². The minimum absolute atomic E-state index is 0.0487. The van der Waals surface area contributed by atoms with Gasteiger partial charge in [0.1, 0.15) is 5.82 Å². The molecule has 1 nitrogen and oxygen atoms in total. The molecule has 1 aliphatic rings. The van der Waals surface area contributed by atoms with Crippen molar-refractivity contribution in [2.24, 2.45) is 0 Å². The third-order valence-corrected chi connectivity index (χ3v) is 2.98. The van der Waals surface area contributed by atoms with Gasteiger partial charge < -0.3 is 0 Å². The van der Waals surface area contributed by atoms with E-state index in [1.54, 1.807) is 6.07 Å². The van der Waals surface area contributed by atoms with Crippen molar-refractivity contribution in [3.8, 4) is 0 Å². The summed E-state index contributed by atoms with van der Waals surface area (Å²) in [5.41, 5.74) is 1.12. The van der Waals surface area contributed by atoms with Gasteiger partial charge in [-0.05, 0) is 30.5 Å². The van der Waals surface area contributed by atoms with E-state index in [0.29, 0.717) is 28.4 Å². The van der Waals surface area contributed by atoms with Gasteiger partial charge in [-0.2, -0.15) is 0 Å². The summed E-state index contributed by atoms with van der Waals surface area (Å²) in [5.74, 6) is -0.209. The molecule has 0 unspecified atom stereocenters. The van der Waals surface area contributed by atoms with Crippen LogP contribution in [0.15, 0.2) is 16.6 Å². The third-order valence-electron chi connectivity index (χ3n) is 2.31. The number of halogens is 2. The molecule has 0 saturated carbocycles. The lowest BCUT2D eigenvalue weighted by Gasteiger charge is -2.16. The van der Waals surface area contributed by atoms with Crippen molar-refractivity contribution in [1.29, 1.82) is 0 Å². The topological polar surface area (TPSA) is 17.1 Å². The van der Waals surface area contributed by atoms with E-state index in [-0.39, 0.29) is 11.6 Å². The Morgan fingerprint density at radius 2 is 2.08 bits per heavy atom. The summed E-state index contributed by atoms with van der Waals surface area (Å²) in [6.07, 6.45) is 1.97. The molecule has 0 saturated heterocycles. The van der Waals surface area contributed by atoms with Gasteiger partial charge in [-0.1, -0.05) is 15.9 Å². The number of Topliss-reactive ketones (excluding diaryl/α,β-unsaturated/α-hetero) is 1. The van der Waals surface area contributed by atoms with Gasteiger partial charge in [-0.15, -0.1) is 0 Å². The largest absolute Gasteiger partial charge is 0.294 e. The van der Waals surface area contributed by atoms with Crippen molar-refractivity contribution in [3.05, 3.63) is 33.5 Å². The maximum atomic E-state index is 13.3. The normalized spacial score (nSPS) is 15.7. The molecular formula is C10H8BrFO. The Bertz CT molecular complexity index is 373. The number of benzene rings is 1. The second-order valence-corrected chi connectivity index (χ2v) is 4.01. The van der Waals surface area contributed by atoms with E-state index in [4.69, 9.17) is 0 Å². The lowest BCUT2D eigenvalue weighted by molar-refractivity contribution is 0.0970. The number of ketones is 1. The molecule has 0 fully saturated rings. The predicted octanol–water partition coefficient (Wildman–Crippen LogP) is 3.11. The summed E-state index contributed by atoms with van der Waals surface area (Å²) in [6.45, 7) is 0. The summed E-state index contributed by atoms with van der Waals surface area (Å²) >= 11 is 3.27. The Kier molecular flexibility index (Phi) is 2.20. The van der Waals surface area contributed by atoms with Crippen LogP contribution in [0.5, 0.6) is 0 Å². The molecular weight excluding hydrogens is 235 g/mol. The Labute approximate surface area is 84.1 Å². The fraction of sp³-hybridized carbons (Fsp3) is 0.300. The number of rotatable bonds is 0. The molecule has 2 rings (SSSR count). The van der Waals surface area contributed by atoms with E-state index in [2.05, 4.69) is 15.9 Å². The molecule has 13 heavy (non-hydrogen) atoms. The van der Waals surface area contributed by atoms with Crippen molar-refractivity contribution in [3.63, 3.8) is 0 Å². The molecule has 68 valence electrons. The molecule has 0 aliphatic heterocycles. The first-order chi connectivity index (χ1) is 6.20. The standard InChI is InChI=1S/C10H8BrFO/c11-7-4-5-8(12)6-2-1-3-9(13)10(6)7/h4-5H,1-3H2. The zero-order chi connectivity index (χ0) is 9.42. The quantitative estimate of drug-likeness (QED) is 0.684. The Morgan fingerprint density at radius 3 is 2.77 bits per heavy atom. The molecule has 1 aromatic rings. The van der Waals surface area contributed by atoms with E-state index in [9.17, 15) is 9.18 Å². The minimum atomic E-state index is -0.258. The van der Waals surface area contributed by atoms with Crippen LogP contribution in [0.2, 0.25) is 0 Å². The summed E-state index contributed by atoms with van der Waals surface area (Å²) in [6, 6.07) is 3.00. The summed E-state index contributed by atoms with van der Waals surface area (Å²) in [4.78, 5) is 11.5. The first-order valence-corrected chi connectivity index (χ1v) is 4.99. The molecule has 0 spiro atoms. The number of carbonyl (C=O) groups excluding carboxylic acids is 1. The number of hydrogen-bond acceptors (Lipinski definition) is 1. The van der Waals surface area contributed by atoms with Crippen LogP contribution in [0.3, 0.4) is 0 Å². The van der Waals surface area contributed by atoms with Crippen molar-refractivity contribution in [2.45, 2.75) is 19.3 Å². The van der Waals surface area contributed by atoms with Crippen molar-refractivity contribution in [1.82, 2.24) is 0 Å². The van der Waals surface area contributed by atoms with Crippen molar-refractivity contribution >= 4 is 21.7 Å². The molecule has 0 bridgehead atoms. The lowest BCUT2D eigenvalue weighted by atomic mass is 9.90. The highest BCUT2D eigenvalue weighted by atomic mass is 79.9. The number of hydrogen-bond donors (Lipinski definition) is 0. The average Bonchev–Trinajstić information content (AvgIpc) is 2.12. The van der Waals surface area contributed by atoms with Crippen LogP contribution in [0.25, 0.3) is 0 Å². The molecule has 0 aromatic heterocycles. The lowest BCUT2D eigenvalue weighted by Crippen LogP contribution is -2.13. The predicted molar refractivity (Wildman–Crippen MR) is 51.4 cm³/mol. The van der Waals surface area contributed by atoms with Gasteiger partial charge in [0, 0.05) is 16.5 Å². The van der Waals surface area contributed by atoms with Crippen LogP contribution in [0.4, 0.5) is 4.39 Å². The van der Waals surface area contributed by atoms with E-state index >= 15 is 0 Å². The minimum Gasteiger partial charge on any atom is -0.294 e. The SMILES string of the molecule is O=C1CCCc2c(F)ccc(Br)c21. The fourth-order valence-corrected chi connectivity index (χ4v) is 2.28. The zero-order valence-electron chi connectivity index (χ0n) is 6.94. The van der Waals surface area contributed by atoms with Crippen molar-refractivity contribution < 1.29 is 9.18 Å². The zero-order valence-corrected chi connectivity index (χ0v) is 8.53. The molecule has 1 aromatic carbocycles. The molecule has 1 aliphatic carbocycles. The molecule has 0 heterocycles. The first kappa shape index (κ1) is 8.88. The Morgan fingerprint density at radius 1 is 1.31 bits per heavy atom. The molecule has 0 atom stereocenters. The van der Waals surface area contributed by atoms with Gasteiger partial charge in [-0.3, -0.25) is 4.79 Å². The summed E-state index contributed by atoms with van der Waals surface area (Å²) in [7, 11) is 0. The monoisotopic (exact) mass is 242 g/mol. The molecule has 0 amide bonds. The van der Waals surface area contributed by atoms with Crippen LogP contribution < -0.4 is 0 Å². The molecule has 3 heteroatoms. The van der Waals surface area contributed by atoms with Crippen molar-refractivity contribution in [2.75, 3.05) is 0 Å². The van der Waals surface area contributed by atoms with Crippen LogP contribution >= 0.6 is 15.9 Å². The highest BCUT2D eigenvalue weighted by Gasteiger charge is 2.22. The Balaban J connectivity index is 2.67. The second kappa shape index (κ2) is 3.22. The fourth-order valence-electron chi connectivity index (χ4n) is 1.69. The summed E-state index contributed by atoms with van der Waals surface area (Å²) in [5, 5.41) is 0. The maximum absolute atomic E-state index is 13.3. The third kappa shape index (κ3) is 1.41. The highest BCUT2D eigenvalue weighted by molar-refractivity contribution is 9.10. The van der Waals surface area contributed by atoms with E-state index in [1.165, 1.54) is 6.07 Å². The smallest absolute Gasteiger partial charge is 0.164 e. The first-order valence-electron chi connectivity index (χ1n) is 4.20. The summed E-state index contributed by atoms with van der Waals surface area (Å²) < 4.78 is 14.0. The second-order valence-electron chi connectivity index (χ2n) is 3.16. The van der Waals surface area contributed by atoms with Gasteiger partial charge in [0.2, 0.25) is 0 Å². The molecule has 0 radical (unpaired) electrons. The van der Waals surface area contributed by atoms with Gasteiger partial charge in [0.15, 0.2) is 5.78 Å². The van der Waals surface area contributed by atoms with Crippen LogP contribution in [0, 0.1) is 5.82 Å². The van der Waals surface area contributed by atoms with Gasteiger partial charge in [0.25, 0.3) is 0 Å². The van der Waals surface area contributed by atoms with Crippen LogP contribution in [-0.2, 0) is 6.42 Å². The van der Waals surface area contributed by atoms with E-state index in [1.807, 2.05) is 0 Å². The van der Waals surface area contributed by atoms with Gasteiger partial charge >= 0.3 is 0 Å². The average molecular weight is 243 g/mol.